The van der Waals surface area contributed by atoms with Crippen molar-refractivity contribution in [2.45, 2.75) is 18.9 Å². The summed E-state index contributed by atoms with van der Waals surface area (Å²) in [6.07, 6.45) is 9.59. The maximum absolute atomic E-state index is 5.23. The van der Waals surface area contributed by atoms with E-state index in [4.69, 9.17) is 10.1 Å². The second kappa shape index (κ2) is 11.6. The molecule has 0 fully saturated rings. The Labute approximate surface area is 289 Å². The maximum atomic E-state index is 5.23. The van der Waals surface area contributed by atoms with Gasteiger partial charge in [-0.05, 0) is 59.4 Å². The number of hydrogen-bond donors (Lipinski definition) is 0. The number of allylic oxidation sites excluding steroid dienone is 4. The molecule has 5 heteroatoms. The predicted octanol–water partition coefficient (Wildman–Crippen LogP) is 9.84. The highest BCUT2D eigenvalue weighted by atomic mass is 15.3. The molecule has 0 amide bonds. The highest BCUT2D eigenvalue weighted by Gasteiger charge is 2.26. The molecule has 10 rings (SSSR count). The van der Waals surface area contributed by atoms with Gasteiger partial charge >= 0.3 is 5.82 Å². The van der Waals surface area contributed by atoms with Gasteiger partial charge in [0.05, 0.1) is 28.0 Å². The first kappa shape index (κ1) is 28.5. The first-order valence-electron chi connectivity index (χ1n) is 17.3. The molecule has 0 bridgehead atoms. The van der Waals surface area contributed by atoms with Gasteiger partial charge in [-0.15, -0.1) is 0 Å². The quantitative estimate of drug-likeness (QED) is 0.169. The zero-order valence-electron chi connectivity index (χ0n) is 27.4. The highest BCUT2D eigenvalue weighted by Crippen LogP contribution is 2.42. The molecule has 0 aliphatic heterocycles. The van der Waals surface area contributed by atoms with E-state index in [0.717, 1.165) is 35.0 Å². The molecule has 3 heterocycles. The van der Waals surface area contributed by atoms with Gasteiger partial charge in [-0.3, -0.25) is 0 Å². The second-order valence-electron chi connectivity index (χ2n) is 13.0. The Hall–Kier alpha value is -6.46. The first-order chi connectivity index (χ1) is 24.8. The van der Waals surface area contributed by atoms with Crippen LogP contribution in [0.15, 0.2) is 170 Å². The van der Waals surface area contributed by atoms with Crippen molar-refractivity contribution in [1.82, 2.24) is 19.2 Å². The molecule has 3 aromatic heterocycles. The first-order valence-corrected chi connectivity index (χ1v) is 17.3. The van der Waals surface area contributed by atoms with Crippen molar-refractivity contribution >= 4 is 43.6 Å². The van der Waals surface area contributed by atoms with E-state index in [0.29, 0.717) is 6.54 Å². The van der Waals surface area contributed by atoms with Gasteiger partial charge in [0.25, 0.3) is 0 Å². The maximum Gasteiger partial charge on any atom is 0.309 e. The summed E-state index contributed by atoms with van der Waals surface area (Å²) in [4.78, 5) is 5.23. The normalized spacial score (nSPS) is 14.4. The van der Waals surface area contributed by atoms with Gasteiger partial charge in [-0.1, -0.05) is 127 Å². The van der Waals surface area contributed by atoms with Crippen LogP contribution in [0.25, 0.3) is 66.4 Å². The second-order valence-corrected chi connectivity index (χ2v) is 13.0. The summed E-state index contributed by atoms with van der Waals surface area (Å²) < 4.78 is 6.92. The topological polar surface area (TPSA) is 40.7 Å². The summed E-state index contributed by atoms with van der Waals surface area (Å²) in [6, 6.07) is 52.0. The lowest BCUT2D eigenvalue weighted by Crippen LogP contribution is -2.43. The van der Waals surface area contributed by atoms with E-state index in [1.54, 1.807) is 0 Å². The van der Waals surface area contributed by atoms with Crippen LogP contribution in [0.1, 0.15) is 23.7 Å². The Morgan fingerprint density at radius 2 is 1.34 bits per heavy atom. The fourth-order valence-corrected chi connectivity index (χ4v) is 7.81. The zero-order valence-corrected chi connectivity index (χ0v) is 27.4. The Morgan fingerprint density at radius 1 is 0.620 bits per heavy atom. The molecule has 5 nitrogen and oxygen atoms in total. The van der Waals surface area contributed by atoms with Crippen LogP contribution in [0, 0.1) is 0 Å². The minimum absolute atomic E-state index is 0.181. The number of para-hydroxylation sites is 3. The van der Waals surface area contributed by atoms with Gasteiger partial charge in [-0.25, -0.2) is 9.78 Å². The third-order valence-corrected chi connectivity index (χ3v) is 10.0. The van der Waals surface area contributed by atoms with Crippen molar-refractivity contribution < 1.29 is 4.68 Å². The Bertz CT molecular complexity index is 2760. The molecule has 0 saturated carbocycles. The van der Waals surface area contributed by atoms with Crippen molar-refractivity contribution in [3.05, 3.63) is 181 Å². The summed E-state index contributed by atoms with van der Waals surface area (Å²) >= 11 is 0. The van der Waals surface area contributed by atoms with Gasteiger partial charge in [0, 0.05) is 38.5 Å². The average Bonchev–Trinajstić information content (AvgIpc) is 3.86. The van der Waals surface area contributed by atoms with E-state index in [9.17, 15) is 0 Å². The Balaban J connectivity index is 1.20. The van der Waals surface area contributed by atoms with Crippen molar-refractivity contribution in [2.75, 3.05) is 0 Å². The predicted molar refractivity (Wildman–Crippen MR) is 203 cm³/mol. The Kier molecular flexibility index (Phi) is 6.62. The third kappa shape index (κ3) is 4.55. The summed E-state index contributed by atoms with van der Waals surface area (Å²) in [7, 11) is 0. The van der Waals surface area contributed by atoms with Gasteiger partial charge in [0.2, 0.25) is 5.82 Å². The summed E-state index contributed by atoms with van der Waals surface area (Å²) in [6.45, 7) is 0.674. The minimum atomic E-state index is 0.181. The monoisotopic (exact) mass is 643 g/mol. The van der Waals surface area contributed by atoms with Crippen LogP contribution >= 0.6 is 0 Å². The molecule has 1 atom stereocenters. The third-order valence-electron chi connectivity index (χ3n) is 10.0. The summed E-state index contributed by atoms with van der Waals surface area (Å²) in [5.74, 6) is 1.91. The molecule has 1 aliphatic rings. The molecule has 50 heavy (non-hydrogen) atoms. The van der Waals surface area contributed by atoms with Gasteiger partial charge in [-0.2, -0.15) is 0 Å². The molecule has 238 valence electrons. The summed E-state index contributed by atoms with van der Waals surface area (Å²) in [5.41, 5.74) is 9.19. The van der Waals surface area contributed by atoms with E-state index in [1.807, 2.05) is 0 Å². The SMILES string of the molecule is C1=CCC(c2nc(-c3cccc(-n4c5ccccc5c5ccc6c(c7ccccc7n6-c6ccccc6)c54)c3)[n-][n+]2Cc2ccccc2)C=C1. The van der Waals surface area contributed by atoms with Crippen molar-refractivity contribution in [3.8, 4) is 22.8 Å². The number of aromatic nitrogens is 5. The number of fused-ring (bicyclic) bond motifs is 7. The van der Waals surface area contributed by atoms with Crippen LogP contribution in [-0.2, 0) is 6.54 Å². The van der Waals surface area contributed by atoms with Crippen LogP contribution in [0.4, 0.5) is 0 Å². The molecular formula is C45H33N5. The fraction of sp³-hybridized carbons (Fsp3) is 0.0667. The van der Waals surface area contributed by atoms with Crippen LogP contribution < -0.4 is 9.78 Å². The molecule has 0 spiro atoms. The van der Waals surface area contributed by atoms with E-state index in [1.165, 1.54) is 49.2 Å². The average molecular weight is 644 g/mol. The van der Waals surface area contributed by atoms with Crippen molar-refractivity contribution in [2.24, 2.45) is 0 Å². The highest BCUT2D eigenvalue weighted by molar-refractivity contribution is 6.26. The molecule has 9 aromatic rings. The smallest absolute Gasteiger partial charge is 0.309 e. The van der Waals surface area contributed by atoms with E-state index in [2.05, 4.69) is 184 Å². The minimum Gasteiger partial charge on any atom is -0.309 e. The number of hydrogen-bond acceptors (Lipinski definition) is 1. The fourth-order valence-electron chi connectivity index (χ4n) is 7.81. The molecule has 1 aliphatic carbocycles. The Morgan fingerprint density at radius 3 is 2.14 bits per heavy atom. The lowest BCUT2D eigenvalue weighted by molar-refractivity contribution is -0.754. The number of nitrogens with zero attached hydrogens (tertiary/aromatic N) is 5. The molecule has 6 aromatic carbocycles. The van der Waals surface area contributed by atoms with Gasteiger partial charge in [0.15, 0.2) is 0 Å². The number of rotatable bonds is 6. The summed E-state index contributed by atoms with van der Waals surface area (Å²) in [5, 5.41) is 10.1. The number of benzene rings is 6. The molecular weight excluding hydrogens is 611 g/mol. The van der Waals surface area contributed by atoms with Crippen LogP contribution in [0.3, 0.4) is 0 Å². The lowest BCUT2D eigenvalue weighted by Gasteiger charge is -2.11. The van der Waals surface area contributed by atoms with Crippen molar-refractivity contribution in [1.29, 1.82) is 0 Å². The van der Waals surface area contributed by atoms with Crippen molar-refractivity contribution in [3.63, 3.8) is 0 Å². The zero-order chi connectivity index (χ0) is 33.0. The molecule has 1 unspecified atom stereocenters. The van der Waals surface area contributed by atoms with Gasteiger partial charge < -0.3 is 9.13 Å². The van der Waals surface area contributed by atoms with E-state index in [-0.39, 0.29) is 5.92 Å². The molecule has 0 N–H and O–H groups in total. The van der Waals surface area contributed by atoms with E-state index >= 15 is 0 Å². The lowest BCUT2D eigenvalue weighted by atomic mass is 10.00. The van der Waals surface area contributed by atoms with Crippen LogP contribution in [0.5, 0.6) is 0 Å². The van der Waals surface area contributed by atoms with Gasteiger partial charge in [0.1, 0.15) is 6.54 Å². The molecule has 0 saturated heterocycles. The van der Waals surface area contributed by atoms with E-state index < -0.39 is 0 Å². The van der Waals surface area contributed by atoms with Crippen LogP contribution in [-0.4, -0.2) is 14.1 Å². The standard InChI is InChI=1S/C45H33N5/c1-4-15-31(16-5-1)30-48-45(32-17-6-2-7-18-32)46-44(47-48)33-19-14-22-35(29-33)50-39-25-12-10-23-36(39)37-27-28-41-42(43(37)50)38-24-11-13-26-40(38)49(41)34-20-8-3-9-21-34/h1-17,19-29,32H,18,30H2. The van der Waals surface area contributed by atoms with Crippen LogP contribution in [0.2, 0.25) is 0 Å². The molecule has 0 radical (unpaired) electrons. The largest absolute Gasteiger partial charge is 0.309 e.